The molecular weight excluding hydrogens is 204 g/mol. The Morgan fingerprint density at radius 3 is 2.62 bits per heavy atom. The summed E-state index contributed by atoms with van der Waals surface area (Å²) in [6.45, 7) is 2.40. The van der Waals surface area contributed by atoms with Gasteiger partial charge in [0.25, 0.3) is 0 Å². The van der Waals surface area contributed by atoms with Crippen LogP contribution in [0.4, 0.5) is 0 Å². The molecular formula is C13H18O3. The van der Waals surface area contributed by atoms with Crippen molar-refractivity contribution in [3.05, 3.63) is 29.8 Å². The lowest BCUT2D eigenvalue weighted by Gasteiger charge is -2.11. The number of aldehydes is 1. The van der Waals surface area contributed by atoms with Crippen LogP contribution in [-0.4, -0.2) is 24.1 Å². The molecule has 1 aromatic carbocycles. The number of aliphatic hydroxyl groups is 1. The predicted octanol–water partition coefficient (Wildman–Crippen LogP) is 2.43. The molecule has 0 aliphatic carbocycles. The summed E-state index contributed by atoms with van der Waals surface area (Å²) in [4.78, 5) is 10.4. The van der Waals surface area contributed by atoms with Gasteiger partial charge in [0.05, 0.1) is 6.10 Å². The first-order valence-electron chi connectivity index (χ1n) is 5.62. The zero-order chi connectivity index (χ0) is 11.8. The summed E-state index contributed by atoms with van der Waals surface area (Å²) in [5.74, 6) is 0.682. The Kier molecular flexibility index (Phi) is 5.57. The van der Waals surface area contributed by atoms with E-state index in [9.17, 15) is 9.90 Å². The van der Waals surface area contributed by atoms with Gasteiger partial charge < -0.3 is 9.84 Å². The minimum absolute atomic E-state index is 0.306. The van der Waals surface area contributed by atoms with Crippen LogP contribution in [0.5, 0.6) is 5.75 Å². The van der Waals surface area contributed by atoms with Crippen LogP contribution in [-0.2, 0) is 0 Å². The van der Waals surface area contributed by atoms with Gasteiger partial charge in [-0.3, -0.25) is 4.79 Å². The highest BCUT2D eigenvalue weighted by molar-refractivity contribution is 5.74. The van der Waals surface area contributed by atoms with Crippen molar-refractivity contribution in [3.63, 3.8) is 0 Å². The maximum Gasteiger partial charge on any atom is 0.150 e. The number of unbranched alkanes of at least 4 members (excludes halogenated alkanes) is 1. The van der Waals surface area contributed by atoms with Gasteiger partial charge in [-0.15, -0.1) is 0 Å². The molecule has 0 fully saturated rings. The molecule has 0 heterocycles. The first-order chi connectivity index (χ1) is 7.76. The van der Waals surface area contributed by atoms with Gasteiger partial charge in [0.2, 0.25) is 0 Å². The normalized spacial score (nSPS) is 12.1. The van der Waals surface area contributed by atoms with E-state index in [0.29, 0.717) is 17.9 Å². The summed E-state index contributed by atoms with van der Waals surface area (Å²) in [5, 5.41) is 9.56. The second kappa shape index (κ2) is 7.01. The highest BCUT2D eigenvalue weighted by atomic mass is 16.5. The third kappa shape index (κ3) is 4.45. The topological polar surface area (TPSA) is 46.5 Å². The summed E-state index contributed by atoms with van der Waals surface area (Å²) in [6, 6.07) is 6.86. The lowest BCUT2D eigenvalue weighted by atomic mass is 10.2. The molecule has 0 saturated heterocycles. The molecule has 0 spiro atoms. The quantitative estimate of drug-likeness (QED) is 0.721. The lowest BCUT2D eigenvalue weighted by Crippen LogP contribution is -2.17. The van der Waals surface area contributed by atoms with Crippen LogP contribution in [0.25, 0.3) is 0 Å². The van der Waals surface area contributed by atoms with Crippen molar-refractivity contribution in [1.82, 2.24) is 0 Å². The fraction of sp³-hybridized carbons (Fsp3) is 0.462. The summed E-state index contributed by atoms with van der Waals surface area (Å²) < 4.78 is 5.40. The largest absolute Gasteiger partial charge is 0.491 e. The highest BCUT2D eigenvalue weighted by Crippen LogP contribution is 2.12. The van der Waals surface area contributed by atoms with Gasteiger partial charge in [0.1, 0.15) is 18.6 Å². The Morgan fingerprint density at radius 1 is 1.38 bits per heavy atom. The van der Waals surface area contributed by atoms with Gasteiger partial charge in [-0.25, -0.2) is 0 Å². The smallest absolute Gasteiger partial charge is 0.150 e. The maximum atomic E-state index is 10.4. The van der Waals surface area contributed by atoms with E-state index in [2.05, 4.69) is 6.92 Å². The van der Waals surface area contributed by atoms with E-state index in [1.807, 2.05) is 0 Å². The number of hydrogen-bond acceptors (Lipinski definition) is 3. The van der Waals surface area contributed by atoms with Gasteiger partial charge in [0, 0.05) is 5.56 Å². The molecule has 1 atom stereocenters. The van der Waals surface area contributed by atoms with Gasteiger partial charge in [-0.1, -0.05) is 19.8 Å². The van der Waals surface area contributed by atoms with Crippen molar-refractivity contribution in [3.8, 4) is 5.75 Å². The molecule has 0 bridgehead atoms. The molecule has 3 nitrogen and oxygen atoms in total. The molecule has 1 N–H and O–H groups in total. The van der Waals surface area contributed by atoms with Crippen LogP contribution in [0, 0.1) is 0 Å². The summed E-state index contributed by atoms with van der Waals surface area (Å²) in [7, 11) is 0. The Labute approximate surface area is 96.1 Å². The molecule has 1 unspecified atom stereocenters. The molecule has 3 heteroatoms. The molecule has 0 aliphatic heterocycles. The zero-order valence-corrected chi connectivity index (χ0v) is 9.56. The van der Waals surface area contributed by atoms with E-state index in [0.717, 1.165) is 25.5 Å². The first kappa shape index (κ1) is 12.7. The van der Waals surface area contributed by atoms with Crippen LogP contribution in [0.15, 0.2) is 24.3 Å². The third-order valence-corrected chi connectivity index (χ3v) is 2.35. The first-order valence-corrected chi connectivity index (χ1v) is 5.62. The molecule has 1 aromatic rings. The second-order valence-corrected chi connectivity index (χ2v) is 3.79. The molecule has 0 aromatic heterocycles. The summed E-state index contributed by atoms with van der Waals surface area (Å²) >= 11 is 0. The number of hydrogen-bond donors (Lipinski definition) is 1. The SMILES string of the molecule is CCCCC(O)COc1ccc(C=O)cc1. The summed E-state index contributed by atoms with van der Waals surface area (Å²) in [6.07, 6.45) is 3.23. The maximum absolute atomic E-state index is 10.4. The lowest BCUT2D eigenvalue weighted by molar-refractivity contribution is 0.0979. The van der Waals surface area contributed by atoms with Crippen molar-refractivity contribution < 1.29 is 14.6 Å². The predicted molar refractivity (Wildman–Crippen MR) is 62.9 cm³/mol. The van der Waals surface area contributed by atoms with Crippen molar-refractivity contribution in [1.29, 1.82) is 0 Å². The molecule has 0 radical (unpaired) electrons. The van der Waals surface area contributed by atoms with E-state index in [-0.39, 0.29) is 0 Å². The van der Waals surface area contributed by atoms with Crippen LogP contribution in [0.1, 0.15) is 36.5 Å². The van der Waals surface area contributed by atoms with Crippen molar-refractivity contribution in [2.45, 2.75) is 32.3 Å². The molecule has 0 amide bonds. The zero-order valence-electron chi connectivity index (χ0n) is 9.56. The number of carbonyl (C=O) groups excluding carboxylic acids is 1. The number of benzene rings is 1. The van der Waals surface area contributed by atoms with Crippen molar-refractivity contribution in [2.24, 2.45) is 0 Å². The van der Waals surface area contributed by atoms with Crippen LogP contribution < -0.4 is 4.74 Å². The van der Waals surface area contributed by atoms with E-state index in [1.165, 1.54) is 0 Å². The van der Waals surface area contributed by atoms with Gasteiger partial charge in [-0.2, -0.15) is 0 Å². The molecule has 1 rings (SSSR count). The van der Waals surface area contributed by atoms with Gasteiger partial charge >= 0.3 is 0 Å². The number of carbonyl (C=O) groups is 1. The molecule has 16 heavy (non-hydrogen) atoms. The minimum atomic E-state index is -0.411. The van der Waals surface area contributed by atoms with Crippen LogP contribution >= 0.6 is 0 Å². The fourth-order valence-electron chi connectivity index (χ4n) is 1.36. The number of ether oxygens (including phenoxy) is 1. The fourth-order valence-corrected chi connectivity index (χ4v) is 1.36. The van der Waals surface area contributed by atoms with Crippen molar-refractivity contribution >= 4 is 6.29 Å². The van der Waals surface area contributed by atoms with E-state index < -0.39 is 6.10 Å². The Morgan fingerprint density at radius 2 is 2.06 bits per heavy atom. The third-order valence-electron chi connectivity index (χ3n) is 2.35. The van der Waals surface area contributed by atoms with E-state index >= 15 is 0 Å². The number of rotatable bonds is 7. The standard InChI is InChI=1S/C13H18O3/c1-2-3-4-12(15)10-16-13-7-5-11(9-14)6-8-13/h5-9,12,15H,2-4,10H2,1H3. The van der Waals surface area contributed by atoms with E-state index in [4.69, 9.17) is 4.74 Å². The van der Waals surface area contributed by atoms with Crippen LogP contribution in [0.3, 0.4) is 0 Å². The van der Waals surface area contributed by atoms with Gasteiger partial charge in [0.15, 0.2) is 0 Å². The average molecular weight is 222 g/mol. The number of aliphatic hydroxyl groups excluding tert-OH is 1. The van der Waals surface area contributed by atoms with E-state index in [1.54, 1.807) is 24.3 Å². The average Bonchev–Trinajstić information content (AvgIpc) is 2.34. The Bertz CT molecular complexity index is 305. The molecule has 88 valence electrons. The Balaban J connectivity index is 2.33. The molecule has 0 saturated carbocycles. The monoisotopic (exact) mass is 222 g/mol. The van der Waals surface area contributed by atoms with Crippen molar-refractivity contribution in [2.75, 3.05) is 6.61 Å². The van der Waals surface area contributed by atoms with Gasteiger partial charge in [-0.05, 0) is 30.7 Å². The van der Waals surface area contributed by atoms with Crippen LogP contribution in [0.2, 0.25) is 0 Å². The summed E-state index contributed by atoms with van der Waals surface area (Å²) in [5.41, 5.74) is 0.624. The highest BCUT2D eigenvalue weighted by Gasteiger charge is 2.04. The second-order valence-electron chi connectivity index (χ2n) is 3.79. The Hall–Kier alpha value is -1.35. The minimum Gasteiger partial charge on any atom is -0.491 e. The molecule has 0 aliphatic rings.